The van der Waals surface area contributed by atoms with Crippen LogP contribution in [-0.2, 0) is 14.3 Å². The van der Waals surface area contributed by atoms with Crippen LogP contribution >= 0.6 is 11.3 Å². The van der Waals surface area contributed by atoms with E-state index in [-0.39, 0.29) is 46.3 Å². The van der Waals surface area contributed by atoms with E-state index in [1.165, 1.54) is 16.9 Å². The molecule has 2 fully saturated rings. The maximum absolute atomic E-state index is 14.2. The number of allylic oxidation sites excluding steroid dienone is 2. The first kappa shape index (κ1) is 27.9. The second-order valence-corrected chi connectivity index (χ2v) is 13.0. The zero-order chi connectivity index (χ0) is 26.7. The third-order valence-electron chi connectivity index (χ3n) is 7.61. The fraction of sp³-hybridized carbons (Fsp3) is 0.667. The van der Waals surface area contributed by atoms with E-state index < -0.39 is 5.97 Å². The van der Waals surface area contributed by atoms with Gasteiger partial charge in [0.25, 0.3) is 0 Å². The Hall–Kier alpha value is -2.14. The number of carboxylic acid groups (broad SMARTS) is 1. The Bertz CT molecular complexity index is 1070. The summed E-state index contributed by atoms with van der Waals surface area (Å²) in [6.07, 6.45) is 8.31. The van der Waals surface area contributed by atoms with Crippen LogP contribution in [0.15, 0.2) is 17.7 Å². The Morgan fingerprint density at radius 1 is 1.16 bits per heavy atom. The molecule has 2 aliphatic carbocycles. The van der Waals surface area contributed by atoms with Crippen molar-refractivity contribution in [2.75, 3.05) is 18.1 Å². The van der Waals surface area contributed by atoms with Crippen molar-refractivity contribution in [2.24, 2.45) is 17.3 Å². The van der Waals surface area contributed by atoms with Gasteiger partial charge >= 0.3 is 5.97 Å². The lowest BCUT2D eigenvalue weighted by molar-refractivity contribution is -0.124. The number of amides is 1. The third-order valence-corrected chi connectivity index (χ3v) is 8.64. The molecule has 1 N–H and O–H groups in total. The van der Waals surface area contributed by atoms with Gasteiger partial charge in [-0.1, -0.05) is 30.4 Å². The van der Waals surface area contributed by atoms with E-state index in [1.807, 2.05) is 31.7 Å². The summed E-state index contributed by atoms with van der Waals surface area (Å²) in [6.45, 7) is 11.8. The molecule has 0 radical (unpaired) electrons. The molecule has 202 valence electrons. The Morgan fingerprint density at radius 3 is 2.49 bits per heavy atom. The highest BCUT2D eigenvalue weighted by molar-refractivity contribution is 7.15. The third kappa shape index (κ3) is 7.04. The van der Waals surface area contributed by atoms with Crippen LogP contribution in [0.25, 0.3) is 0 Å². The van der Waals surface area contributed by atoms with E-state index >= 15 is 0 Å². The summed E-state index contributed by atoms with van der Waals surface area (Å²) in [6, 6.07) is 1.78. The minimum atomic E-state index is -1.01. The first-order chi connectivity index (χ1) is 17.5. The number of ether oxygens (including phenoxy) is 2. The number of carbonyl (C=O) groups is 2. The normalized spacial score (nSPS) is 28.2. The summed E-state index contributed by atoms with van der Waals surface area (Å²) in [7, 11) is 0. The average Bonchev–Trinajstić information content (AvgIpc) is 3.49. The van der Waals surface area contributed by atoms with Crippen LogP contribution in [0.5, 0.6) is 0 Å². The molecule has 3 atom stereocenters. The van der Waals surface area contributed by atoms with E-state index in [9.17, 15) is 14.7 Å². The molecule has 0 aromatic carbocycles. The Morgan fingerprint density at radius 2 is 1.89 bits per heavy atom. The number of carbonyl (C=O) groups excluding carboxylic acids is 1. The molecule has 7 heteroatoms. The first-order valence-corrected chi connectivity index (χ1v) is 14.5. The van der Waals surface area contributed by atoms with Crippen LogP contribution in [0.1, 0.15) is 94.1 Å². The van der Waals surface area contributed by atoms with Gasteiger partial charge in [0.05, 0.1) is 29.4 Å². The Kier molecular flexibility index (Phi) is 8.83. The second-order valence-electron chi connectivity index (χ2n) is 12.0. The molecule has 6 nitrogen and oxygen atoms in total. The maximum Gasteiger partial charge on any atom is 0.348 e. The molecule has 4 rings (SSSR count). The minimum absolute atomic E-state index is 0.0421. The molecule has 3 aliphatic rings. The maximum atomic E-state index is 14.2. The fourth-order valence-corrected chi connectivity index (χ4v) is 6.51. The van der Waals surface area contributed by atoms with Crippen LogP contribution in [0.4, 0.5) is 5.69 Å². The molecular formula is C30H41NO5S. The van der Waals surface area contributed by atoms with Gasteiger partial charge in [-0.05, 0) is 84.6 Å². The number of anilines is 1. The number of carboxylic acids is 1. The van der Waals surface area contributed by atoms with Gasteiger partial charge in [0.1, 0.15) is 4.88 Å². The van der Waals surface area contributed by atoms with Crippen LogP contribution < -0.4 is 4.90 Å². The molecule has 1 aromatic heterocycles. The lowest BCUT2D eigenvalue weighted by Crippen LogP contribution is -2.48. The molecule has 37 heavy (non-hydrogen) atoms. The van der Waals surface area contributed by atoms with Gasteiger partial charge < -0.3 is 19.5 Å². The number of hydrogen-bond donors (Lipinski definition) is 1. The average molecular weight is 528 g/mol. The van der Waals surface area contributed by atoms with E-state index in [2.05, 4.69) is 31.8 Å². The molecule has 1 saturated heterocycles. The van der Waals surface area contributed by atoms with Gasteiger partial charge in [0, 0.05) is 24.0 Å². The number of aromatic carboxylic acids is 1. The van der Waals surface area contributed by atoms with E-state index in [0.29, 0.717) is 23.6 Å². The van der Waals surface area contributed by atoms with Crippen molar-refractivity contribution in [1.82, 2.24) is 0 Å². The Labute approximate surface area is 225 Å². The summed E-state index contributed by atoms with van der Waals surface area (Å²) in [5.74, 6) is 5.47. The van der Waals surface area contributed by atoms with Crippen LogP contribution in [0.3, 0.4) is 0 Å². The van der Waals surface area contributed by atoms with Crippen LogP contribution in [0, 0.1) is 29.1 Å². The van der Waals surface area contributed by atoms with Gasteiger partial charge in [-0.2, -0.15) is 0 Å². The molecule has 1 saturated carbocycles. The van der Waals surface area contributed by atoms with Crippen molar-refractivity contribution >= 4 is 28.9 Å². The van der Waals surface area contributed by atoms with Gasteiger partial charge in [-0.3, -0.25) is 4.79 Å². The fourth-order valence-electron chi connectivity index (χ4n) is 5.67. The first-order valence-electron chi connectivity index (χ1n) is 13.6. The van der Waals surface area contributed by atoms with Crippen molar-refractivity contribution in [3.63, 3.8) is 0 Å². The highest BCUT2D eigenvalue weighted by Gasteiger charge is 2.39. The standard InChI is InChI=1S/C30H41NO5S/c1-19-6-11-25(20(2)16-19)28(32)31(21-7-9-22(10-8-21)36-23-13-15-35-18-23)26-17-24(12-14-30(3,4)5)37-27(26)29(33)34/h6,17,20-23,25H,7-11,13,15-16,18H2,1-5H3,(H,33,34). The Balaban J connectivity index is 1.63. The molecule has 0 spiro atoms. The number of rotatable bonds is 6. The summed E-state index contributed by atoms with van der Waals surface area (Å²) >= 11 is 1.17. The zero-order valence-electron chi connectivity index (χ0n) is 22.8. The lowest BCUT2D eigenvalue weighted by atomic mass is 9.79. The zero-order valence-corrected chi connectivity index (χ0v) is 23.7. The number of thiophene rings is 1. The predicted octanol–water partition coefficient (Wildman–Crippen LogP) is 6.29. The summed E-state index contributed by atoms with van der Waals surface area (Å²) in [4.78, 5) is 29.3. The molecule has 1 aliphatic heterocycles. The van der Waals surface area contributed by atoms with Crippen molar-refractivity contribution in [2.45, 2.75) is 97.8 Å². The van der Waals surface area contributed by atoms with Crippen LogP contribution in [0.2, 0.25) is 0 Å². The number of nitrogens with zero attached hydrogens (tertiary/aromatic N) is 1. The quantitative estimate of drug-likeness (QED) is 0.348. The molecule has 0 bridgehead atoms. The highest BCUT2D eigenvalue weighted by Crippen LogP contribution is 2.39. The van der Waals surface area contributed by atoms with Crippen molar-refractivity contribution in [3.8, 4) is 11.8 Å². The monoisotopic (exact) mass is 527 g/mol. The van der Waals surface area contributed by atoms with E-state index in [4.69, 9.17) is 9.47 Å². The summed E-state index contributed by atoms with van der Waals surface area (Å²) in [5, 5.41) is 10.1. The smallest absolute Gasteiger partial charge is 0.348 e. The van der Waals surface area contributed by atoms with E-state index in [1.54, 1.807) is 0 Å². The lowest BCUT2D eigenvalue weighted by Gasteiger charge is -2.40. The van der Waals surface area contributed by atoms with Gasteiger partial charge in [0.15, 0.2) is 0 Å². The van der Waals surface area contributed by atoms with Crippen LogP contribution in [-0.4, -0.2) is 48.4 Å². The highest BCUT2D eigenvalue weighted by atomic mass is 32.1. The SMILES string of the molecule is CC1=CCC(C(=O)N(c2cc(C#CC(C)(C)C)sc2C(=O)O)C2CCC(OC3CCOC3)CC2)C(C)C1. The molecule has 2 heterocycles. The van der Waals surface area contributed by atoms with Gasteiger partial charge in [-0.25, -0.2) is 4.79 Å². The minimum Gasteiger partial charge on any atom is -0.477 e. The molecule has 1 aromatic rings. The van der Waals surface area contributed by atoms with Crippen molar-refractivity contribution in [3.05, 3.63) is 27.5 Å². The van der Waals surface area contributed by atoms with Gasteiger partial charge in [0.2, 0.25) is 5.91 Å². The van der Waals surface area contributed by atoms with Crippen molar-refractivity contribution in [1.29, 1.82) is 0 Å². The number of hydrogen-bond acceptors (Lipinski definition) is 5. The molecule has 1 amide bonds. The molecular weight excluding hydrogens is 486 g/mol. The summed E-state index contributed by atoms with van der Waals surface area (Å²) < 4.78 is 11.7. The largest absolute Gasteiger partial charge is 0.477 e. The molecule has 3 unspecified atom stereocenters. The predicted molar refractivity (Wildman–Crippen MR) is 147 cm³/mol. The topological polar surface area (TPSA) is 76.1 Å². The van der Waals surface area contributed by atoms with Crippen molar-refractivity contribution < 1.29 is 24.2 Å². The summed E-state index contributed by atoms with van der Waals surface area (Å²) in [5.41, 5.74) is 1.62. The van der Waals surface area contributed by atoms with E-state index in [0.717, 1.165) is 45.1 Å². The second kappa shape index (κ2) is 11.7. The van der Waals surface area contributed by atoms with Gasteiger partial charge in [-0.15, -0.1) is 11.3 Å².